The second kappa shape index (κ2) is 8.39. The van der Waals surface area contributed by atoms with Gasteiger partial charge >= 0.3 is 0 Å². The number of carbonyl (C=O) groups excluding carboxylic acids is 1. The van der Waals surface area contributed by atoms with Crippen molar-refractivity contribution < 1.29 is 14.3 Å². The number of methoxy groups -OCH3 is 1. The molecule has 3 aromatic rings. The van der Waals surface area contributed by atoms with Crippen LogP contribution in [0.2, 0.25) is 0 Å². The number of nitrogens with zero attached hydrogens (tertiary/aromatic N) is 5. The highest BCUT2D eigenvalue weighted by Gasteiger charge is 2.28. The molecule has 3 N–H and O–H groups in total. The smallest absolute Gasteiger partial charge is 0.225 e. The Morgan fingerprint density at radius 2 is 2.10 bits per heavy atom. The number of carbonyl (C=O) groups is 1. The number of nitrogens with one attached hydrogen (secondary N) is 1. The van der Waals surface area contributed by atoms with Crippen LogP contribution in [0.5, 0.6) is 5.75 Å². The van der Waals surface area contributed by atoms with Gasteiger partial charge in [0.2, 0.25) is 11.9 Å². The summed E-state index contributed by atoms with van der Waals surface area (Å²) in [6, 6.07) is 7.63. The van der Waals surface area contributed by atoms with Crippen molar-refractivity contribution in [3.05, 3.63) is 30.5 Å². The highest BCUT2D eigenvalue weighted by Crippen LogP contribution is 2.27. The second-order valence-electron chi connectivity index (χ2n) is 6.99. The van der Waals surface area contributed by atoms with Gasteiger partial charge in [0.05, 0.1) is 18.5 Å². The molecule has 152 valence electrons. The van der Waals surface area contributed by atoms with E-state index in [2.05, 4.69) is 25.6 Å². The summed E-state index contributed by atoms with van der Waals surface area (Å²) in [4.78, 5) is 20.3. The van der Waals surface area contributed by atoms with Crippen LogP contribution in [0.25, 0.3) is 16.9 Å². The van der Waals surface area contributed by atoms with Crippen LogP contribution in [0, 0.1) is 5.92 Å². The standard InChI is InChI=1S/C19H23N7O3/c1-28-8-9-29-15-6-4-14(5-7-15)26-18-16(24-25-26)11-21-19(23-18)22-13-3-2-12(10-13)17(20)27/h4-7,11-13H,2-3,8-10H2,1H3,(H2,20,27)(H,21,22,23)/t12-,13?/m0/s1. The topological polar surface area (TPSA) is 130 Å². The highest BCUT2D eigenvalue weighted by atomic mass is 16.5. The minimum atomic E-state index is -0.248. The summed E-state index contributed by atoms with van der Waals surface area (Å²) in [5.41, 5.74) is 7.41. The molecule has 29 heavy (non-hydrogen) atoms. The zero-order valence-corrected chi connectivity index (χ0v) is 16.1. The van der Waals surface area contributed by atoms with Gasteiger partial charge in [-0.15, -0.1) is 5.10 Å². The van der Waals surface area contributed by atoms with Crippen molar-refractivity contribution in [3.8, 4) is 11.4 Å². The number of primary amides is 1. The summed E-state index contributed by atoms with van der Waals surface area (Å²) in [6.45, 7) is 1.02. The van der Waals surface area contributed by atoms with Gasteiger partial charge in [-0.3, -0.25) is 4.79 Å². The molecule has 0 spiro atoms. The van der Waals surface area contributed by atoms with Crippen LogP contribution >= 0.6 is 0 Å². The highest BCUT2D eigenvalue weighted by molar-refractivity contribution is 5.77. The van der Waals surface area contributed by atoms with Gasteiger partial charge < -0.3 is 20.5 Å². The lowest BCUT2D eigenvalue weighted by molar-refractivity contribution is -0.121. The van der Waals surface area contributed by atoms with Crippen LogP contribution in [0.3, 0.4) is 0 Å². The first-order valence-electron chi connectivity index (χ1n) is 9.50. The van der Waals surface area contributed by atoms with Gasteiger partial charge in [-0.05, 0) is 43.5 Å². The first-order chi connectivity index (χ1) is 14.1. The summed E-state index contributed by atoms with van der Waals surface area (Å²) >= 11 is 0. The fourth-order valence-corrected chi connectivity index (χ4v) is 3.45. The van der Waals surface area contributed by atoms with E-state index in [1.54, 1.807) is 18.0 Å². The van der Waals surface area contributed by atoms with Crippen molar-refractivity contribution in [1.82, 2.24) is 25.0 Å². The molecule has 4 rings (SSSR count). The number of ether oxygens (including phenoxy) is 2. The molecule has 1 aliphatic rings. The minimum absolute atomic E-state index is 0.0898. The number of aromatic nitrogens is 5. The first-order valence-corrected chi connectivity index (χ1v) is 9.50. The van der Waals surface area contributed by atoms with Crippen LogP contribution in [0.4, 0.5) is 5.95 Å². The third kappa shape index (κ3) is 4.27. The Labute approximate surface area is 167 Å². The minimum Gasteiger partial charge on any atom is -0.491 e. The van der Waals surface area contributed by atoms with E-state index in [4.69, 9.17) is 15.2 Å². The molecule has 1 fully saturated rings. The molecule has 2 atom stereocenters. The second-order valence-corrected chi connectivity index (χ2v) is 6.99. The summed E-state index contributed by atoms with van der Waals surface area (Å²) < 4.78 is 12.2. The largest absolute Gasteiger partial charge is 0.491 e. The number of hydrogen-bond acceptors (Lipinski definition) is 8. The molecule has 0 saturated heterocycles. The van der Waals surface area contributed by atoms with Crippen LogP contribution in [-0.2, 0) is 9.53 Å². The Bertz CT molecular complexity index is 989. The van der Waals surface area contributed by atoms with Crippen molar-refractivity contribution in [2.24, 2.45) is 11.7 Å². The van der Waals surface area contributed by atoms with Crippen molar-refractivity contribution >= 4 is 23.0 Å². The van der Waals surface area contributed by atoms with E-state index in [0.717, 1.165) is 24.3 Å². The molecule has 10 nitrogen and oxygen atoms in total. The molecule has 1 aliphatic carbocycles. The Balaban J connectivity index is 1.51. The van der Waals surface area contributed by atoms with E-state index in [0.29, 0.717) is 36.7 Å². The molecule has 1 aromatic carbocycles. The fourth-order valence-electron chi connectivity index (χ4n) is 3.45. The fraction of sp³-hybridized carbons (Fsp3) is 0.421. The Morgan fingerprint density at radius 3 is 2.83 bits per heavy atom. The maximum atomic E-state index is 11.4. The lowest BCUT2D eigenvalue weighted by Crippen LogP contribution is -2.23. The van der Waals surface area contributed by atoms with Crippen LogP contribution < -0.4 is 15.8 Å². The van der Waals surface area contributed by atoms with Crippen LogP contribution in [0.1, 0.15) is 19.3 Å². The molecular weight excluding hydrogens is 374 g/mol. The predicted molar refractivity (Wildman–Crippen MR) is 106 cm³/mol. The molecule has 0 radical (unpaired) electrons. The zero-order chi connectivity index (χ0) is 20.2. The van der Waals surface area contributed by atoms with Crippen molar-refractivity contribution in [2.75, 3.05) is 25.6 Å². The molecule has 10 heteroatoms. The number of fused-ring (bicyclic) bond motifs is 1. The van der Waals surface area contributed by atoms with E-state index < -0.39 is 0 Å². The molecule has 1 amide bonds. The van der Waals surface area contributed by atoms with Gasteiger partial charge in [-0.1, -0.05) is 5.21 Å². The van der Waals surface area contributed by atoms with E-state index in [9.17, 15) is 4.79 Å². The quantitative estimate of drug-likeness (QED) is 0.544. The van der Waals surface area contributed by atoms with Gasteiger partial charge in [-0.2, -0.15) is 9.67 Å². The summed E-state index contributed by atoms with van der Waals surface area (Å²) in [7, 11) is 1.63. The van der Waals surface area contributed by atoms with Crippen molar-refractivity contribution in [1.29, 1.82) is 0 Å². The SMILES string of the molecule is COCCOc1ccc(-n2nnc3cnc(NC4CC[C@H](C(N)=O)C4)nc32)cc1. The summed E-state index contributed by atoms with van der Waals surface area (Å²) in [6.07, 6.45) is 3.97. The Hall–Kier alpha value is -3.27. The van der Waals surface area contributed by atoms with E-state index in [1.807, 2.05) is 24.3 Å². The van der Waals surface area contributed by atoms with Gasteiger partial charge in [0.1, 0.15) is 12.4 Å². The van der Waals surface area contributed by atoms with E-state index >= 15 is 0 Å². The van der Waals surface area contributed by atoms with Crippen molar-refractivity contribution in [3.63, 3.8) is 0 Å². The predicted octanol–water partition coefficient (Wildman–Crippen LogP) is 1.30. The van der Waals surface area contributed by atoms with Gasteiger partial charge in [0.25, 0.3) is 0 Å². The third-order valence-corrected chi connectivity index (χ3v) is 5.00. The number of amides is 1. The summed E-state index contributed by atoms with van der Waals surface area (Å²) in [5.74, 6) is 0.892. The third-order valence-electron chi connectivity index (χ3n) is 5.00. The molecule has 0 bridgehead atoms. The lowest BCUT2D eigenvalue weighted by atomic mass is 10.1. The van der Waals surface area contributed by atoms with Crippen LogP contribution in [0.15, 0.2) is 30.5 Å². The molecule has 0 aliphatic heterocycles. The lowest BCUT2D eigenvalue weighted by Gasteiger charge is -2.12. The average Bonchev–Trinajstić information content (AvgIpc) is 3.36. The molecule has 1 saturated carbocycles. The normalized spacial score (nSPS) is 18.8. The number of nitrogens with two attached hydrogens (primary N) is 1. The molecule has 2 heterocycles. The van der Waals surface area contributed by atoms with Gasteiger partial charge in [0.15, 0.2) is 11.2 Å². The Morgan fingerprint density at radius 1 is 1.28 bits per heavy atom. The first kappa shape index (κ1) is 19.1. The van der Waals surface area contributed by atoms with Gasteiger partial charge in [0, 0.05) is 19.1 Å². The number of hydrogen-bond donors (Lipinski definition) is 2. The average molecular weight is 397 g/mol. The van der Waals surface area contributed by atoms with E-state index in [1.165, 1.54) is 0 Å². The zero-order valence-electron chi connectivity index (χ0n) is 16.1. The van der Waals surface area contributed by atoms with Crippen LogP contribution in [-0.4, -0.2) is 57.2 Å². The number of benzene rings is 1. The maximum Gasteiger partial charge on any atom is 0.225 e. The number of rotatable bonds is 8. The maximum absolute atomic E-state index is 11.4. The molecule has 1 unspecified atom stereocenters. The molecule has 2 aromatic heterocycles. The number of anilines is 1. The van der Waals surface area contributed by atoms with Gasteiger partial charge in [-0.25, -0.2) is 4.98 Å². The van der Waals surface area contributed by atoms with Crippen molar-refractivity contribution in [2.45, 2.75) is 25.3 Å². The monoisotopic (exact) mass is 397 g/mol. The molecular formula is C19H23N7O3. The van der Waals surface area contributed by atoms with E-state index in [-0.39, 0.29) is 17.9 Å². The summed E-state index contributed by atoms with van der Waals surface area (Å²) in [5, 5.41) is 11.6. The Kier molecular flexibility index (Phi) is 5.52.